The second kappa shape index (κ2) is 10.4. The quantitative estimate of drug-likeness (QED) is 0.411. The first kappa shape index (κ1) is 20.5. The van der Waals surface area contributed by atoms with Crippen LogP contribution in [0.3, 0.4) is 0 Å². The topological polar surface area (TPSA) is 83.8 Å². The average molecular weight is 450 g/mol. The van der Waals surface area contributed by atoms with Crippen LogP contribution in [-0.2, 0) is 18.3 Å². The van der Waals surface area contributed by atoms with Crippen LogP contribution in [0.5, 0.6) is 0 Å². The largest absolute Gasteiger partial charge is 0.450 e. The van der Waals surface area contributed by atoms with Gasteiger partial charge in [0.1, 0.15) is 0 Å². The first-order chi connectivity index (χ1) is 11.1. The number of guanidine groups is 1. The zero-order valence-electron chi connectivity index (χ0n) is 14.5. The normalized spacial score (nSPS) is 15.6. The maximum atomic E-state index is 11.7. The number of carbonyl (C=O) groups is 1. The fourth-order valence-electron chi connectivity index (χ4n) is 2.56. The molecule has 0 spiro atoms. The molecule has 1 aromatic rings. The van der Waals surface area contributed by atoms with E-state index in [4.69, 9.17) is 4.74 Å². The van der Waals surface area contributed by atoms with Crippen molar-refractivity contribution < 1.29 is 9.53 Å². The Morgan fingerprint density at radius 1 is 1.46 bits per heavy atom. The van der Waals surface area contributed by atoms with Crippen LogP contribution in [0.15, 0.2) is 17.4 Å². The Hall–Kier alpha value is -1.52. The first-order valence-electron chi connectivity index (χ1n) is 7.98. The Kier molecular flexibility index (Phi) is 8.87. The molecular formula is C15H27IN6O2. The highest BCUT2D eigenvalue weighted by Crippen LogP contribution is 2.11. The van der Waals surface area contributed by atoms with Crippen molar-refractivity contribution in [2.45, 2.75) is 32.4 Å². The summed E-state index contributed by atoms with van der Waals surface area (Å²) in [5, 5.41) is 10.8. The number of amides is 1. The predicted octanol–water partition coefficient (Wildman–Crippen LogP) is 1.32. The lowest BCUT2D eigenvalue weighted by molar-refractivity contribution is 0.0963. The van der Waals surface area contributed by atoms with Crippen molar-refractivity contribution in [3.8, 4) is 0 Å². The minimum absolute atomic E-state index is 0. The minimum Gasteiger partial charge on any atom is -0.450 e. The zero-order chi connectivity index (χ0) is 16.7. The third kappa shape index (κ3) is 6.17. The van der Waals surface area contributed by atoms with Crippen molar-refractivity contribution in [2.24, 2.45) is 12.0 Å². The van der Waals surface area contributed by atoms with Crippen LogP contribution in [0.25, 0.3) is 0 Å². The predicted molar refractivity (Wildman–Crippen MR) is 104 cm³/mol. The second-order valence-corrected chi connectivity index (χ2v) is 5.55. The van der Waals surface area contributed by atoms with E-state index >= 15 is 0 Å². The van der Waals surface area contributed by atoms with Gasteiger partial charge < -0.3 is 20.3 Å². The van der Waals surface area contributed by atoms with E-state index in [1.807, 2.05) is 26.4 Å². The van der Waals surface area contributed by atoms with E-state index in [0.717, 1.165) is 24.4 Å². The lowest BCUT2D eigenvalue weighted by atomic mass is 10.1. The van der Waals surface area contributed by atoms with Crippen LogP contribution in [-0.4, -0.2) is 59.5 Å². The van der Waals surface area contributed by atoms with Gasteiger partial charge in [-0.3, -0.25) is 9.67 Å². The third-order valence-corrected chi connectivity index (χ3v) is 3.80. The van der Waals surface area contributed by atoms with Gasteiger partial charge in [-0.25, -0.2) is 4.79 Å². The van der Waals surface area contributed by atoms with Gasteiger partial charge in [0.2, 0.25) is 0 Å². The number of ether oxygens (including phenoxy) is 1. The number of nitrogens with one attached hydrogen (secondary N) is 2. The number of hydrogen-bond donors (Lipinski definition) is 2. The second-order valence-electron chi connectivity index (χ2n) is 5.55. The van der Waals surface area contributed by atoms with E-state index < -0.39 is 0 Å². The molecule has 9 heteroatoms. The Bertz CT molecular complexity index is 540. The molecule has 0 saturated carbocycles. The maximum absolute atomic E-state index is 11.7. The first-order valence-corrected chi connectivity index (χ1v) is 7.98. The van der Waals surface area contributed by atoms with Crippen LogP contribution >= 0.6 is 24.0 Å². The molecule has 1 saturated heterocycles. The molecule has 0 unspecified atom stereocenters. The monoisotopic (exact) mass is 450 g/mol. The molecule has 2 N–H and O–H groups in total. The van der Waals surface area contributed by atoms with Crippen LogP contribution < -0.4 is 10.6 Å². The standard InChI is InChI=1S/C15H26N6O2.HI/c1-4-23-15(22)21-7-5-13(6-8-21)19-14(16-2)17-9-12-10-18-20(3)11-12;/h10-11,13H,4-9H2,1-3H3,(H2,16,17,19);1H. The molecule has 2 rings (SSSR count). The molecule has 8 nitrogen and oxygen atoms in total. The van der Waals surface area contributed by atoms with Gasteiger partial charge in [0, 0.05) is 51.5 Å². The van der Waals surface area contributed by atoms with Gasteiger partial charge >= 0.3 is 6.09 Å². The van der Waals surface area contributed by atoms with Gasteiger partial charge in [0.15, 0.2) is 5.96 Å². The summed E-state index contributed by atoms with van der Waals surface area (Å²) in [6.45, 7) is 4.33. The summed E-state index contributed by atoms with van der Waals surface area (Å²) in [7, 11) is 3.65. The summed E-state index contributed by atoms with van der Waals surface area (Å²) in [6, 6.07) is 0.306. The summed E-state index contributed by atoms with van der Waals surface area (Å²) in [5.41, 5.74) is 1.10. The number of carbonyl (C=O) groups excluding carboxylic acids is 1. The molecule has 136 valence electrons. The van der Waals surface area contributed by atoms with Crippen molar-refractivity contribution in [1.29, 1.82) is 0 Å². The molecule has 24 heavy (non-hydrogen) atoms. The summed E-state index contributed by atoms with van der Waals surface area (Å²) in [4.78, 5) is 17.7. The van der Waals surface area contributed by atoms with Gasteiger partial charge in [-0.2, -0.15) is 5.10 Å². The number of halogens is 1. The Labute approximate surface area is 160 Å². The molecule has 0 bridgehead atoms. The van der Waals surface area contributed by atoms with Gasteiger partial charge in [-0.1, -0.05) is 0 Å². The summed E-state index contributed by atoms with van der Waals surface area (Å²) >= 11 is 0. The number of rotatable bonds is 4. The number of aryl methyl sites for hydroxylation is 1. The fraction of sp³-hybridized carbons (Fsp3) is 0.667. The van der Waals surface area contributed by atoms with E-state index in [1.54, 1.807) is 16.6 Å². The number of aliphatic imine (C=N–C) groups is 1. The Morgan fingerprint density at radius 3 is 2.71 bits per heavy atom. The SMILES string of the molecule is CCOC(=O)N1CCC(NC(=NC)NCc2cnn(C)c2)CC1.I. The molecule has 0 aromatic carbocycles. The lowest BCUT2D eigenvalue weighted by Gasteiger charge is -2.32. The lowest BCUT2D eigenvalue weighted by Crippen LogP contribution is -2.49. The Morgan fingerprint density at radius 2 is 2.17 bits per heavy atom. The van der Waals surface area contributed by atoms with E-state index in [-0.39, 0.29) is 30.1 Å². The Balaban J connectivity index is 0.00000288. The molecule has 1 aromatic heterocycles. The molecule has 2 heterocycles. The summed E-state index contributed by atoms with van der Waals surface area (Å²) in [6.07, 6.45) is 5.35. The summed E-state index contributed by atoms with van der Waals surface area (Å²) in [5.74, 6) is 0.767. The molecule has 0 radical (unpaired) electrons. The molecule has 1 fully saturated rings. The van der Waals surface area contributed by atoms with Gasteiger partial charge in [0.05, 0.1) is 12.8 Å². The van der Waals surface area contributed by atoms with E-state index in [2.05, 4.69) is 20.7 Å². The van der Waals surface area contributed by atoms with Crippen molar-refractivity contribution in [3.05, 3.63) is 18.0 Å². The van der Waals surface area contributed by atoms with E-state index in [9.17, 15) is 4.79 Å². The van der Waals surface area contributed by atoms with Crippen LogP contribution in [0, 0.1) is 0 Å². The van der Waals surface area contributed by atoms with Crippen molar-refractivity contribution in [2.75, 3.05) is 26.7 Å². The number of likely N-dealkylation sites (tertiary alicyclic amines) is 1. The molecule has 0 aliphatic carbocycles. The zero-order valence-corrected chi connectivity index (χ0v) is 16.8. The highest BCUT2D eigenvalue weighted by atomic mass is 127. The minimum atomic E-state index is -0.218. The van der Waals surface area contributed by atoms with E-state index in [1.165, 1.54) is 0 Å². The number of piperidine rings is 1. The third-order valence-electron chi connectivity index (χ3n) is 3.80. The molecule has 1 aliphatic rings. The summed E-state index contributed by atoms with van der Waals surface area (Å²) < 4.78 is 6.81. The van der Waals surface area contributed by atoms with Gasteiger partial charge in [0.25, 0.3) is 0 Å². The molecule has 1 aliphatic heterocycles. The van der Waals surface area contributed by atoms with Crippen molar-refractivity contribution in [1.82, 2.24) is 25.3 Å². The van der Waals surface area contributed by atoms with Crippen LogP contribution in [0.4, 0.5) is 4.79 Å². The van der Waals surface area contributed by atoms with Crippen molar-refractivity contribution >= 4 is 36.0 Å². The molecule has 0 atom stereocenters. The van der Waals surface area contributed by atoms with Gasteiger partial charge in [-0.05, 0) is 19.8 Å². The maximum Gasteiger partial charge on any atom is 0.409 e. The van der Waals surface area contributed by atoms with Crippen LogP contribution in [0.1, 0.15) is 25.3 Å². The van der Waals surface area contributed by atoms with Crippen LogP contribution in [0.2, 0.25) is 0 Å². The smallest absolute Gasteiger partial charge is 0.409 e. The number of hydrogen-bond acceptors (Lipinski definition) is 4. The van der Waals surface area contributed by atoms with E-state index in [0.29, 0.717) is 32.3 Å². The van der Waals surface area contributed by atoms with Crippen molar-refractivity contribution in [3.63, 3.8) is 0 Å². The number of aromatic nitrogens is 2. The van der Waals surface area contributed by atoms with Gasteiger partial charge in [-0.15, -0.1) is 24.0 Å². The molecule has 1 amide bonds. The number of nitrogens with zero attached hydrogens (tertiary/aromatic N) is 4. The highest BCUT2D eigenvalue weighted by Gasteiger charge is 2.23. The molecular weight excluding hydrogens is 423 g/mol. The average Bonchev–Trinajstić information content (AvgIpc) is 2.97. The fourth-order valence-corrected chi connectivity index (χ4v) is 2.56. The highest BCUT2D eigenvalue weighted by molar-refractivity contribution is 14.0.